The molecule has 1 aromatic carbocycles. The molecule has 1 amide bonds. The van der Waals surface area contributed by atoms with Gasteiger partial charge in [-0.2, -0.15) is 0 Å². The maximum absolute atomic E-state index is 11.7. The number of rotatable bonds is 5. The van der Waals surface area contributed by atoms with Crippen molar-refractivity contribution in [3.8, 4) is 0 Å². The van der Waals surface area contributed by atoms with Gasteiger partial charge in [0, 0.05) is 0 Å². The van der Waals surface area contributed by atoms with Crippen LogP contribution in [0.15, 0.2) is 36.5 Å². The van der Waals surface area contributed by atoms with Crippen LogP contribution in [0, 0.1) is 0 Å². The highest BCUT2D eigenvalue weighted by Gasteiger charge is 2.16. The number of carboxylic acids is 1. The van der Waals surface area contributed by atoms with Gasteiger partial charge in [-0.15, -0.1) is 11.3 Å². The summed E-state index contributed by atoms with van der Waals surface area (Å²) >= 11 is 1.02. The molecule has 2 N–H and O–H groups in total. The highest BCUT2D eigenvalue weighted by molar-refractivity contribution is 7.13. The Hall–Kier alpha value is -2.41. The van der Waals surface area contributed by atoms with Crippen LogP contribution < -0.4 is 5.32 Å². The van der Waals surface area contributed by atoms with Crippen molar-refractivity contribution in [2.75, 3.05) is 0 Å². The van der Waals surface area contributed by atoms with Gasteiger partial charge >= 0.3 is 12.1 Å². The number of carbonyl (C=O) groups is 2. The average Bonchev–Trinajstić information content (AvgIpc) is 2.96. The molecule has 0 aliphatic heterocycles. The van der Waals surface area contributed by atoms with Gasteiger partial charge in [-0.1, -0.05) is 30.3 Å². The fourth-order valence-corrected chi connectivity index (χ4v) is 2.35. The zero-order valence-electron chi connectivity index (χ0n) is 11.3. The number of benzene rings is 1. The topological polar surface area (TPSA) is 88.5 Å². The molecule has 2 aromatic rings. The van der Waals surface area contributed by atoms with Crippen molar-refractivity contribution in [2.24, 2.45) is 0 Å². The van der Waals surface area contributed by atoms with Crippen molar-refractivity contribution < 1.29 is 19.4 Å². The molecule has 110 valence electrons. The second-order valence-electron chi connectivity index (χ2n) is 4.30. The number of aromatic carboxylic acids is 1. The molecule has 0 unspecified atom stereocenters. The third-order valence-electron chi connectivity index (χ3n) is 2.65. The molecular weight excluding hydrogens is 292 g/mol. The Labute approximate surface area is 125 Å². The van der Waals surface area contributed by atoms with E-state index in [0.29, 0.717) is 5.01 Å². The summed E-state index contributed by atoms with van der Waals surface area (Å²) in [6.07, 6.45) is 0.703. The Balaban J connectivity index is 1.85. The number of amides is 1. The Morgan fingerprint density at radius 3 is 2.71 bits per heavy atom. The molecule has 0 radical (unpaired) electrons. The summed E-state index contributed by atoms with van der Waals surface area (Å²) in [5.74, 6) is -1.03. The smallest absolute Gasteiger partial charge is 0.408 e. The number of aromatic nitrogens is 1. The first-order valence-electron chi connectivity index (χ1n) is 6.22. The van der Waals surface area contributed by atoms with Gasteiger partial charge in [-0.25, -0.2) is 14.6 Å². The number of nitrogens with one attached hydrogen (secondary N) is 1. The normalized spacial score (nSPS) is 11.7. The number of ether oxygens (including phenoxy) is 1. The van der Waals surface area contributed by atoms with E-state index in [4.69, 9.17) is 9.84 Å². The summed E-state index contributed by atoms with van der Waals surface area (Å²) in [6, 6.07) is 8.91. The van der Waals surface area contributed by atoms with Gasteiger partial charge in [0.15, 0.2) is 0 Å². The van der Waals surface area contributed by atoms with E-state index in [9.17, 15) is 9.59 Å². The number of hydrogen-bond acceptors (Lipinski definition) is 5. The minimum Gasteiger partial charge on any atom is -0.477 e. The van der Waals surface area contributed by atoms with E-state index in [1.54, 1.807) is 6.92 Å². The first kappa shape index (κ1) is 15.0. The predicted molar refractivity (Wildman–Crippen MR) is 77.3 cm³/mol. The van der Waals surface area contributed by atoms with Crippen molar-refractivity contribution in [1.29, 1.82) is 0 Å². The van der Waals surface area contributed by atoms with Gasteiger partial charge in [-0.3, -0.25) is 0 Å². The quantitative estimate of drug-likeness (QED) is 0.886. The molecule has 1 atom stereocenters. The lowest BCUT2D eigenvalue weighted by Crippen LogP contribution is -2.27. The van der Waals surface area contributed by atoms with Crippen LogP contribution in [0.3, 0.4) is 0 Å². The van der Waals surface area contributed by atoms with Crippen molar-refractivity contribution >= 4 is 23.4 Å². The second-order valence-corrected chi connectivity index (χ2v) is 5.36. The summed E-state index contributed by atoms with van der Waals surface area (Å²) < 4.78 is 5.08. The number of hydrogen-bond donors (Lipinski definition) is 2. The lowest BCUT2D eigenvalue weighted by molar-refractivity contribution is 0.0702. The molecule has 0 saturated heterocycles. The lowest BCUT2D eigenvalue weighted by Gasteiger charge is -2.11. The Morgan fingerprint density at radius 2 is 2.10 bits per heavy atom. The van der Waals surface area contributed by atoms with E-state index in [0.717, 1.165) is 16.9 Å². The maximum Gasteiger partial charge on any atom is 0.408 e. The van der Waals surface area contributed by atoms with Crippen molar-refractivity contribution in [3.63, 3.8) is 0 Å². The van der Waals surface area contributed by atoms with Gasteiger partial charge in [0.1, 0.15) is 16.5 Å². The summed E-state index contributed by atoms with van der Waals surface area (Å²) in [5.41, 5.74) is 0.891. The Bertz CT molecular complexity index is 627. The van der Waals surface area contributed by atoms with Gasteiger partial charge in [-0.05, 0) is 12.5 Å². The first-order valence-corrected chi connectivity index (χ1v) is 7.04. The first-order chi connectivity index (χ1) is 10.1. The Kier molecular flexibility index (Phi) is 4.89. The second kappa shape index (κ2) is 6.85. The highest BCUT2D eigenvalue weighted by Crippen LogP contribution is 2.19. The zero-order chi connectivity index (χ0) is 15.2. The molecule has 7 heteroatoms. The molecule has 0 aliphatic rings. The highest BCUT2D eigenvalue weighted by atomic mass is 32.1. The standard InChI is InChI=1S/C14H14N2O4S/c1-9(12-15-7-11(21-12)13(17)18)16-14(19)20-8-10-5-3-2-4-6-10/h2-7,9H,8H2,1H3,(H,16,19)(H,17,18)/t9-/m0/s1. The summed E-state index contributed by atoms with van der Waals surface area (Å²) in [4.78, 5) is 26.6. The molecule has 0 spiro atoms. The summed E-state index contributed by atoms with van der Waals surface area (Å²) in [7, 11) is 0. The minimum absolute atomic E-state index is 0.135. The lowest BCUT2D eigenvalue weighted by atomic mass is 10.2. The number of carboxylic acid groups (broad SMARTS) is 1. The molecule has 0 bridgehead atoms. The van der Waals surface area contributed by atoms with E-state index in [1.807, 2.05) is 30.3 Å². The van der Waals surface area contributed by atoms with Crippen LogP contribution >= 0.6 is 11.3 Å². The van der Waals surface area contributed by atoms with E-state index in [1.165, 1.54) is 6.20 Å². The summed E-state index contributed by atoms with van der Waals surface area (Å²) in [6.45, 7) is 1.89. The molecule has 1 heterocycles. The molecular formula is C14H14N2O4S. The van der Waals surface area contributed by atoms with E-state index in [2.05, 4.69) is 10.3 Å². The monoisotopic (exact) mass is 306 g/mol. The van der Waals surface area contributed by atoms with E-state index in [-0.39, 0.29) is 11.5 Å². The van der Waals surface area contributed by atoms with Crippen molar-refractivity contribution in [3.05, 3.63) is 52.0 Å². The molecule has 0 saturated carbocycles. The molecule has 6 nitrogen and oxygen atoms in total. The van der Waals surface area contributed by atoms with E-state index >= 15 is 0 Å². The van der Waals surface area contributed by atoms with Gasteiger partial charge in [0.25, 0.3) is 0 Å². The van der Waals surface area contributed by atoms with Crippen LogP contribution in [0.25, 0.3) is 0 Å². The van der Waals surface area contributed by atoms with Crippen LogP contribution in [0.2, 0.25) is 0 Å². The fourth-order valence-electron chi connectivity index (χ4n) is 1.59. The van der Waals surface area contributed by atoms with Crippen molar-refractivity contribution in [1.82, 2.24) is 10.3 Å². The Morgan fingerprint density at radius 1 is 1.38 bits per heavy atom. The summed E-state index contributed by atoms with van der Waals surface area (Å²) in [5, 5.41) is 12.0. The number of alkyl carbamates (subject to hydrolysis) is 1. The molecule has 0 aliphatic carbocycles. The number of thiazole rings is 1. The fraction of sp³-hybridized carbons (Fsp3) is 0.214. The molecule has 1 aromatic heterocycles. The average molecular weight is 306 g/mol. The third kappa shape index (κ3) is 4.28. The van der Waals surface area contributed by atoms with Gasteiger partial charge in [0.2, 0.25) is 0 Å². The zero-order valence-corrected chi connectivity index (χ0v) is 12.1. The van der Waals surface area contributed by atoms with Crippen LogP contribution in [0.1, 0.15) is 33.2 Å². The van der Waals surface area contributed by atoms with Crippen LogP contribution in [0.4, 0.5) is 4.79 Å². The molecule has 21 heavy (non-hydrogen) atoms. The number of carbonyl (C=O) groups excluding carboxylic acids is 1. The number of nitrogens with zero attached hydrogens (tertiary/aromatic N) is 1. The molecule has 0 fully saturated rings. The van der Waals surface area contributed by atoms with Gasteiger partial charge < -0.3 is 15.2 Å². The van der Waals surface area contributed by atoms with Crippen LogP contribution in [-0.4, -0.2) is 22.2 Å². The van der Waals surface area contributed by atoms with Crippen LogP contribution in [0.5, 0.6) is 0 Å². The van der Waals surface area contributed by atoms with Crippen molar-refractivity contribution in [2.45, 2.75) is 19.6 Å². The predicted octanol–water partition coefficient (Wildman–Crippen LogP) is 2.83. The van der Waals surface area contributed by atoms with Gasteiger partial charge in [0.05, 0.1) is 12.2 Å². The van der Waals surface area contributed by atoms with Crippen LogP contribution in [-0.2, 0) is 11.3 Å². The third-order valence-corrected chi connectivity index (χ3v) is 3.82. The maximum atomic E-state index is 11.7. The minimum atomic E-state index is -1.03. The van der Waals surface area contributed by atoms with E-state index < -0.39 is 18.1 Å². The SMILES string of the molecule is C[C@H](NC(=O)OCc1ccccc1)c1ncc(C(=O)O)s1. The molecule has 2 rings (SSSR count). The largest absolute Gasteiger partial charge is 0.477 e.